The molecule has 0 radical (unpaired) electrons. The lowest BCUT2D eigenvalue weighted by Crippen LogP contribution is -2.33. The first-order valence-corrected chi connectivity index (χ1v) is 10.3. The monoisotopic (exact) mass is 439 g/mol. The number of carbonyl (C=O) groups excluding carboxylic acids is 3. The maximum absolute atomic E-state index is 13.1. The van der Waals surface area contributed by atoms with Crippen LogP contribution in [0.15, 0.2) is 53.0 Å². The van der Waals surface area contributed by atoms with Gasteiger partial charge in [0.05, 0.1) is 23.1 Å². The first-order valence-electron chi connectivity index (χ1n) is 9.49. The zero-order valence-electron chi connectivity index (χ0n) is 15.0. The van der Waals surface area contributed by atoms with Gasteiger partial charge in [-0.2, -0.15) is 0 Å². The van der Waals surface area contributed by atoms with Crippen LogP contribution in [0, 0.1) is 23.7 Å². The molecule has 1 saturated heterocycles. The van der Waals surface area contributed by atoms with Crippen molar-refractivity contribution in [1.82, 2.24) is 0 Å². The summed E-state index contributed by atoms with van der Waals surface area (Å²) in [5.74, 6) is -0.377. The largest absolute Gasteiger partial charge is 0.421 e. The number of rotatable bonds is 3. The van der Waals surface area contributed by atoms with Crippen LogP contribution in [-0.4, -0.2) is 17.8 Å². The standard InChI is InChI=1S/C22H18BrNO4/c23-15-9-7-12(8-10-15)22(27)28-17-4-2-1-3-16(17)24-20(25)18-13-5-6-14(11-13)19(18)21(24)26/h1-4,7-10,13-14,18-19H,5-6,11H2/t13-,14-,18+,19+/m0/s1. The number of anilines is 1. The highest BCUT2D eigenvalue weighted by Gasteiger charge is 2.61. The highest BCUT2D eigenvalue weighted by Crippen LogP contribution is 2.57. The molecule has 5 rings (SSSR count). The number of benzene rings is 2. The van der Waals surface area contributed by atoms with E-state index in [1.54, 1.807) is 48.5 Å². The molecule has 1 aliphatic heterocycles. The summed E-state index contributed by atoms with van der Waals surface area (Å²) in [6.07, 6.45) is 3.04. The van der Waals surface area contributed by atoms with Crippen LogP contribution in [0.1, 0.15) is 29.6 Å². The molecule has 2 aromatic rings. The van der Waals surface area contributed by atoms with E-state index in [0.29, 0.717) is 23.1 Å². The van der Waals surface area contributed by atoms with E-state index in [0.717, 1.165) is 23.7 Å². The van der Waals surface area contributed by atoms with Gasteiger partial charge in [0.25, 0.3) is 0 Å². The van der Waals surface area contributed by atoms with Crippen LogP contribution in [0.3, 0.4) is 0 Å². The van der Waals surface area contributed by atoms with Gasteiger partial charge in [-0.1, -0.05) is 28.1 Å². The van der Waals surface area contributed by atoms with Gasteiger partial charge in [-0.05, 0) is 67.5 Å². The van der Waals surface area contributed by atoms with E-state index in [9.17, 15) is 14.4 Å². The molecule has 2 aromatic carbocycles. The Hall–Kier alpha value is -2.47. The van der Waals surface area contributed by atoms with Gasteiger partial charge in [-0.3, -0.25) is 9.59 Å². The highest BCUT2D eigenvalue weighted by atomic mass is 79.9. The molecule has 1 heterocycles. The second-order valence-corrected chi connectivity index (χ2v) is 8.68. The number of para-hydroxylation sites is 2. The number of halogens is 1. The Morgan fingerprint density at radius 1 is 0.929 bits per heavy atom. The lowest BCUT2D eigenvalue weighted by molar-refractivity contribution is -0.123. The molecule has 4 atom stereocenters. The summed E-state index contributed by atoms with van der Waals surface area (Å²) < 4.78 is 6.43. The van der Waals surface area contributed by atoms with E-state index in [1.807, 2.05) is 0 Å². The molecule has 5 nitrogen and oxygen atoms in total. The molecule has 0 unspecified atom stereocenters. The topological polar surface area (TPSA) is 63.7 Å². The van der Waals surface area contributed by atoms with Gasteiger partial charge in [-0.15, -0.1) is 0 Å². The fourth-order valence-corrected chi connectivity index (χ4v) is 5.38. The van der Waals surface area contributed by atoms with Gasteiger partial charge in [0.15, 0.2) is 5.75 Å². The molecule has 28 heavy (non-hydrogen) atoms. The average molecular weight is 440 g/mol. The van der Waals surface area contributed by atoms with Gasteiger partial charge in [-0.25, -0.2) is 9.69 Å². The molecule has 3 fully saturated rings. The van der Waals surface area contributed by atoms with Crippen molar-refractivity contribution in [3.63, 3.8) is 0 Å². The number of hydrogen-bond acceptors (Lipinski definition) is 4. The Morgan fingerprint density at radius 3 is 2.18 bits per heavy atom. The molecule has 2 saturated carbocycles. The van der Waals surface area contributed by atoms with Crippen molar-refractivity contribution in [2.24, 2.45) is 23.7 Å². The van der Waals surface area contributed by atoms with Crippen molar-refractivity contribution in [1.29, 1.82) is 0 Å². The van der Waals surface area contributed by atoms with Gasteiger partial charge in [0.2, 0.25) is 11.8 Å². The SMILES string of the molecule is O=C(Oc1ccccc1N1C(=O)[C@@H]2[C@H]3CC[C@@H](C3)[C@H]2C1=O)c1ccc(Br)cc1. The molecule has 2 amide bonds. The quantitative estimate of drug-likeness (QED) is 0.408. The summed E-state index contributed by atoms with van der Waals surface area (Å²) >= 11 is 3.34. The van der Waals surface area contributed by atoms with Crippen molar-refractivity contribution in [3.8, 4) is 5.75 Å². The summed E-state index contributed by atoms with van der Waals surface area (Å²) in [5, 5.41) is 0. The van der Waals surface area contributed by atoms with E-state index in [-0.39, 0.29) is 29.4 Å². The Balaban J connectivity index is 1.46. The molecular formula is C22H18BrNO4. The predicted molar refractivity (Wildman–Crippen MR) is 106 cm³/mol. The Labute approximate surface area is 170 Å². The highest BCUT2D eigenvalue weighted by molar-refractivity contribution is 9.10. The van der Waals surface area contributed by atoms with Crippen molar-refractivity contribution >= 4 is 39.4 Å². The van der Waals surface area contributed by atoms with Crippen molar-refractivity contribution < 1.29 is 19.1 Å². The summed E-state index contributed by atoms with van der Waals surface area (Å²) in [7, 11) is 0. The van der Waals surface area contributed by atoms with Crippen molar-refractivity contribution in [2.75, 3.05) is 4.90 Å². The van der Waals surface area contributed by atoms with Crippen LogP contribution in [0.25, 0.3) is 0 Å². The number of hydrogen-bond donors (Lipinski definition) is 0. The molecule has 0 N–H and O–H groups in total. The Kier molecular flexibility index (Phi) is 4.12. The molecule has 0 aromatic heterocycles. The Bertz CT molecular complexity index is 958. The molecule has 0 spiro atoms. The number of nitrogens with zero attached hydrogens (tertiary/aromatic N) is 1. The fourth-order valence-electron chi connectivity index (χ4n) is 5.12. The summed E-state index contributed by atoms with van der Waals surface area (Å²) in [5.41, 5.74) is 0.753. The van der Waals surface area contributed by atoms with Crippen LogP contribution in [0.5, 0.6) is 5.75 Å². The minimum absolute atomic E-state index is 0.144. The van der Waals surface area contributed by atoms with Crippen LogP contribution in [0.2, 0.25) is 0 Å². The maximum atomic E-state index is 13.1. The van der Waals surface area contributed by atoms with E-state index in [4.69, 9.17) is 4.74 Å². The zero-order chi connectivity index (χ0) is 19.4. The number of fused-ring (bicyclic) bond motifs is 5. The second kappa shape index (κ2) is 6.55. The van der Waals surface area contributed by atoms with Crippen LogP contribution >= 0.6 is 15.9 Å². The summed E-state index contributed by atoms with van der Waals surface area (Å²) in [6, 6.07) is 13.6. The summed E-state index contributed by atoms with van der Waals surface area (Å²) in [6.45, 7) is 0. The van der Waals surface area contributed by atoms with Gasteiger partial charge in [0.1, 0.15) is 0 Å². The number of imide groups is 1. The van der Waals surface area contributed by atoms with Gasteiger partial charge in [0, 0.05) is 4.47 Å². The number of carbonyl (C=O) groups is 3. The third-order valence-corrected chi connectivity index (χ3v) is 6.84. The molecule has 2 aliphatic carbocycles. The fraction of sp³-hybridized carbons (Fsp3) is 0.318. The van der Waals surface area contributed by atoms with E-state index in [1.165, 1.54) is 4.90 Å². The van der Waals surface area contributed by atoms with Crippen LogP contribution < -0.4 is 9.64 Å². The lowest BCUT2D eigenvalue weighted by atomic mass is 9.81. The van der Waals surface area contributed by atoms with Crippen LogP contribution in [-0.2, 0) is 9.59 Å². The van der Waals surface area contributed by atoms with E-state index >= 15 is 0 Å². The molecule has 3 aliphatic rings. The second-order valence-electron chi connectivity index (χ2n) is 7.76. The predicted octanol–water partition coefficient (Wildman–Crippen LogP) is 4.20. The molecule has 142 valence electrons. The maximum Gasteiger partial charge on any atom is 0.343 e. The normalized spacial score (nSPS) is 28.0. The number of amides is 2. The number of ether oxygens (including phenoxy) is 1. The lowest BCUT2D eigenvalue weighted by Gasteiger charge is -2.20. The van der Waals surface area contributed by atoms with Crippen molar-refractivity contribution in [2.45, 2.75) is 19.3 Å². The van der Waals surface area contributed by atoms with Crippen molar-refractivity contribution in [3.05, 3.63) is 58.6 Å². The average Bonchev–Trinajstić information content (AvgIpc) is 3.37. The van der Waals surface area contributed by atoms with Gasteiger partial charge < -0.3 is 4.74 Å². The third kappa shape index (κ3) is 2.62. The van der Waals surface area contributed by atoms with E-state index in [2.05, 4.69) is 15.9 Å². The minimum Gasteiger partial charge on any atom is -0.421 e. The molecule has 2 bridgehead atoms. The number of esters is 1. The first kappa shape index (κ1) is 17.6. The summed E-state index contributed by atoms with van der Waals surface area (Å²) in [4.78, 5) is 40.0. The van der Waals surface area contributed by atoms with Crippen LogP contribution in [0.4, 0.5) is 5.69 Å². The zero-order valence-corrected chi connectivity index (χ0v) is 16.6. The molecular weight excluding hydrogens is 422 g/mol. The first-order chi connectivity index (χ1) is 13.5. The molecule has 6 heteroatoms. The minimum atomic E-state index is -0.528. The third-order valence-electron chi connectivity index (χ3n) is 6.32. The van der Waals surface area contributed by atoms with Gasteiger partial charge >= 0.3 is 5.97 Å². The smallest absolute Gasteiger partial charge is 0.343 e. The Morgan fingerprint density at radius 2 is 1.54 bits per heavy atom. The van der Waals surface area contributed by atoms with E-state index < -0.39 is 5.97 Å².